The third kappa shape index (κ3) is 4.12. The highest BCUT2D eigenvalue weighted by molar-refractivity contribution is 5.97. The standard InChI is InChI=1S/C22H22F2N2O2/c1-15-18(22(27)25-11-6-12-28-2)14-21(16-7-4-3-5-8-16)26(15)20-10-9-17(23)13-19(20)24/h3-5,7-10,13-14H,6,11-12H2,1-2H3,(H,25,27). The smallest absolute Gasteiger partial charge is 0.253 e. The van der Waals surface area contributed by atoms with Gasteiger partial charge in [0.2, 0.25) is 0 Å². The highest BCUT2D eigenvalue weighted by atomic mass is 19.1. The van der Waals surface area contributed by atoms with E-state index in [1.54, 1.807) is 24.7 Å². The molecule has 1 heterocycles. The van der Waals surface area contributed by atoms with Crippen LogP contribution < -0.4 is 5.32 Å². The molecular formula is C22H22F2N2O2. The first-order valence-corrected chi connectivity index (χ1v) is 9.03. The number of rotatable bonds is 7. The van der Waals surface area contributed by atoms with Crippen molar-refractivity contribution in [3.05, 3.63) is 77.5 Å². The fourth-order valence-corrected chi connectivity index (χ4v) is 3.14. The molecule has 0 saturated heterocycles. The molecule has 0 radical (unpaired) electrons. The van der Waals surface area contributed by atoms with E-state index in [1.807, 2.05) is 30.3 Å². The number of nitrogens with one attached hydrogen (secondary N) is 1. The van der Waals surface area contributed by atoms with E-state index in [1.165, 1.54) is 12.1 Å². The number of hydrogen-bond donors (Lipinski definition) is 1. The fraction of sp³-hybridized carbons (Fsp3) is 0.227. The Morgan fingerprint density at radius 1 is 1.11 bits per heavy atom. The zero-order valence-corrected chi connectivity index (χ0v) is 15.8. The average Bonchev–Trinajstić information content (AvgIpc) is 3.03. The lowest BCUT2D eigenvalue weighted by atomic mass is 10.1. The van der Waals surface area contributed by atoms with Crippen molar-refractivity contribution in [3.8, 4) is 16.9 Å². The first kappa shape index (κ1) is 19.8. The second kappa shape index (κ2) is 8.80. The average molecular weight is 384 g/mol. The summed E-state index contributed by atoms with van der Waals surface area (Å²) in [6.07, 6.45) is 0.695. The van der Waals surface area contributed by atoms with Gasteiger partial charge in [-0.3, -0.25) is 4.79 Å². The van der Waals surface area contributed by atoms with Crippen molar-refractivity contribution in [2.24, 2.45) is 0 Å². The Morgan fingerprint density at radius 2 is 1.86 bits per heavy atom. The van der Waals surface area contributed by atoms with Gasteiger partial charge in [0.1, 0.15) is 11.6 Å². The van der Waals surface area contributed by atoms with Crippen LogP contribution in [0.15, 0.2) is 54.6 Å². The molecule has 0 fully saturated rings. The Kier molecular flexibility index (Phi) is 6.21. The van der Waals surface area contributed by atoms with Gasteiger partial charge >= 0.3 is 0 Å². The molecule has 0 unspecified atom stereocenters. The van der Waals surface area contributed by atoms with Gasteiger partial charge in [-0.2, -0.15) is 0 Å². The minimum absolute atomic E-state index is 0.191. The van der Waals surface area contributed by atoms with E-state index >= 15 is 0 Å². The summed E-state index contributed by atoms with van der Waals surface area (Å²) in [5.41, 5.74) is 2.70. The van der Waals surface area contributed by atoms with E-state index in [0.29, 0.717) is 36.5 Å². The summed E-state index contributed by atoms with van der Waals surface area (Å²) >= 11 is 0. The Hall–Kier alpha value is -2.99. The van der Waals surface area contributed by atoms with Crippen LogP contribution in [0.4, 0.5) is 8.78 Å². The molecule has 0 aliphatic heterocycles. The maximum Gasteiger partial charge on any atom is 0.253 e. The monoisotopic (exact) mass is 384 g/mol. The van der Waals surface area contributed by atoms with Crippen LogP contribution in [0.1, 0.15) is 22.5 Å². The Labute approximate surface area is 162 Å². The molecule has 1 N–H and O–H groups in total. The highest BCUT2D eigenvalue weighted by Crippen LogP contribution is 2.30. The van der Waals surface area contributed by atoms with E-state index in [9.17, 15) is 13.6 Å². The number of benzene rings is 2. The normalized spacial score (nSPS) is 10.9. The van der Waals surface area contributed by atoms with Crippen molar-refractivity contribution in [1.82, 2.24) is 9.88 Å². The number of ether oxygens (including phenoxy) is 1. The van der Waals surface area contributed by atoms with Gasteiger partial charge in [0.15, 0.2) is 0 Å². The second-order valence-electron chi connectivity index (χ2n) is 6.43. The molecule has 0 aliphatic rings. The summed E-state index contributed by atoms with van der Waals surface area (Å²) in [7, 11) is 1.61. The van der Waals surface area contributed by atoms with Crippen LogP contribution in [0.5, 0.6) is 0 Å². The molecule has 1 amide bonds. The quantitative estimate of drug-likeness (QED) is 0.610. The number of amides is 1. The van der Waals surface area contributed by atoms with E-state index in [0.717, 1.165) is 11.6 Å². The number of carbonyl (C=O) groups excluding carboxylic acids is 1. The molecule has 0 spiro atoms. The molecule has 6 heteroatoms. The zero-order valence-electron chi connectivity index (χ0n) is 15.8. The van der Waals surface area contributed by atoms with E-state index < -0.39 is 11.6 Å². The summed E-state index contributed by atoms with van der Waals surface area (Å²) in [5, 5.41) is 2.86. The van der Waals surface area contributed by atoms with Gasteiger partial charge in [0.25, 0.3) is 5.91 Å². The first-order valence-electron chi connectivity index (χ1n) is 9.03. The third-order valence-corrected chi connectivity index (χ3v) is 4.52. The number of aromatic nitrogens is 1. The number of methoxy groups -OCH3 is 1. The van der Waals surface area contributed by atoms with Crippen LogP contribution in [-0.4, -0.2) is 30.7 Å². The van der Waals surface area contributed by atoms with Gasteiger partial charge < -0.3 is 14.6 Å². The van der Waals surface area contributed by atoms with Gasteiger partial charge in [0, 0.05) is 32.0 Å². The van der Waals surface area contributed by atoms with Crippen molar-refractivity contribution in [2.75, 3.05) is 20.3 Å². The molecule has 0 bridgehead atoms. The van der Waals surface area contributed by atoms with E-state index in [4.69, 9.17) is 4.74 Å². The highest BCUT2D eigenvalue weighted by Gasteiger charge is 2.21. The van der Waals surface area contributed by atoms with Crippen molar-refractivity contribution in [2.45, 2.75) is 13.3 Å². The topological polar surface area (TPSA) is 43.3 Å². The molecule has 1 aromatic heterocycles. The maximum atomic E-state index is 14.5. The molecule has 28 heavy (non-hydrogen) atoms. The predicted octanol–water partition coefficient (Wildman–Crippen LogP) is 4.50. The van der Waals surface area contributed by atoms with Crippen LogP contribution in [0.3, 0.4) is 0 Å². The number of nitrogens with zero attached hydrogens (tertiary/aromatic N) is 1. The van der Waals surface area contributed by atoms with Gasteiger partial charge in [-0.25, -0.2) is 8.78 Å². The number of carbonyl (C=O) groups is 1. The summed E-state index contributed by atoms with van der Waals surface area (Å²) in [4.78, 5) is 12.7. The SMILES string of the molecule is COCCCNC(=O)c1cc(-c2ccccc2)n(-c2ccc(F)cc2F)c1C. The van der Waals surface area contributed by atoms with Crippen molar-refractivity contribution >= 4 is 5.91 Å². The molecule has 0 aliphatic carbocycles. The van der Waals surface area contributed by atoms with Crippen molar-refractivity contribution < 1.29 is 18.3 Å². The van der Waals surface area contributed by atoms with Crippen LogP contribution in [0, 0.1) is 18.6 Å². The second-order valence-corrected chi connectivity index (χ2v) is 6.43. The largest absolute Gasteiger partial charge is 0.385 e. The zero-order chi connectivity index (χ0) is 20.1. The molecule has 146 valence electrons. The number of hydrogen-bond acceptors (Lipinski definition) is 2. The van der Waals surface area contributed by atoms with Crippen LogP contribution >= 0.6 is 0 Å². The third-order valence-electron chi connectivity index (χ3n) is 4.52. The molecule has 2 aromatic carbocycles. The number of halogens is 2. The van der Waals surface area contributed by atoms with Crippen LogP contribution in [0.25, 0.3) is 16.9 Å². The summed E-state index contributed by atoms with van der Waals surface area (Å²) in [6, 6.07) is 14.5. The molecule has 0 saturated carbocycles. The summed E-state index contributed by atoms with van der Waals surface area (Å²) in [6.45, 7) is 2.78. The van der Waals surface area contributed by atoms with E-state index in [2.05, 4.69) is 5.32 Å². The van der Waals surface area contributed by atoms with E-state index in [-0.39, 0.29) is 11.6 Å². The molecular weight excluding hydrogens is 362 g/mol. The van der Waals surface area contributed by atoms with Crippen molar-refractivity contribution in [1.29, 1.82) is 0 Å². The molecule has 0 atom stereocenters. The van der Waals surface area contributed by atoms with Gasteiger partial charge in [0.05, 0.1) is 16.9 Å². The fourth-order valence-electron chi connectivity index (χ4n) is 3.14. The van der Waals surface area contributed by atoms with Gasteiger partial charge in [-0.1, -0.05) is 30.3 Å². The first-order chi connectivity index (χ1) is 13.5. The molecule has 3 rings (SSSR count). The Bertz CT molecular complexity index is 968. The maximum absolute atomic E-state index is 14.5. The Balaban J connectivity index is 2.06. The lowest BCUT2D eigenvalue weighted by Crippen LogP contribution is -2.25. The summed E-state index contributed by atoms with van der Waals surface area (Å²) < 4.78 is 34.6. The molecule has 3 aromatic rings. The minimum Gasteiger partial charge on any atom is -0.385 e. The lowest BCUT2D eigenvalue weighted by Gasteiger charge is -2.13. The van der Waals surface area contributed by atoms with Gasteiger partial charge in [-0.05, 0) is 37.1 Å². The Morgan fingerprint density at radius 3 is 2.54 bits per heavy atom. The van der Waals surface area contributed by atoms with Crippen LogP contribution in [-0.2, 0) is 4.74 Å². The van der Waals surface area contributed by atoms with Crippen molar-refractivity contribution in [3.63, 3.8) is 0 Å². The van der Waals surface area contributed by atoms with Gasteiger partial charge in [-0.15, -0.1) is 0 Å². The summed E-state index contributed by atoms with van der Waals surface area (Å²) in [5.74, 6) is -1.58. The molecule has 4 nitrogen and oxygen atoms in total. The predicted molar refractivity (Wildman–Crippen MR) is 105 cm³/mol. The lowest BCUT2D eigenvalue weighted by molar-refractivity contribution is 0.0948. The van der Waals surface area contributed by atoms with Crippen LogP contribution in [0.2, 0.25) is 0 Å². The minimum atomic E-state index is -0.692.